The van der Waals surface area contributed by atoms with Crippen molar-refractivity contribution in [2.75, 3.05) is 0 Å². The fraction of sp³-hybridized carbons (Fsp3) is 0.143. The standard InChI is InChI=1S/C14H13N3O/c1-10-4-3-5-11(8-10)12-9-17-7-6-16(2)14(17)13(18)15-12/h3-9H,1-2H3/p+1. The lowest BCUT2D eigenvalue weighted by Gasteiger charge is -2.01. The molecule has 3 aromatic rings. The van der Waals surface area contributed by atoms with Crippen molar-refractivity contribution in [3.05, 3.63) is 58.8 Å². The first-order chi connectivity index (χ1) is 8.65. The quantitative estimate of drug-likeness (QED) is 0.642. The van der Waals surface area contributed by atoms with Crippen molar-refractivity contribution in [3.63, 3.8) is 0 Å². The van der Waals surface area contributed by atoms with Crippen LogP contribution in [0.5, 0.6) is 0 Å². The zero-order valence-electron chi connectivity index (χ0n) is 10.3. The van der Waals surface area contributed by atoms with Crippen LogP contribution in [-0.4, -0.2) is 9.38 Å². The van der Waals surface area contributed by atoms with E-state index < -0.39 is 0 Å². The highest BCUT2D eigenvalue weighted by Gasteiger charge is 2.13. The molecule has 0 aliphatic rings. The molecule has 0 bridgehead atoms. The van der Waals surface area contributed by atoms with E-state index in [1.807, 2.05) is 55.2 Å². The van der Waals surface area contributed by atoms with Gasteiger partial charge in [0.25, 0.3) is 0 Å². The van der Waals surface area contributed by atoms with E-state index in [0.717, 1.165) is 11.3 Å². The van der Waals surface area contributed by atoms with E-state index in [2.05, 4.69) is 11.1 Å². The van der Waals surface area contributed by atoms with Gasteiger partial charge in [0.1, 0.15) is 18.6 Å². The third kappa shape index (κ3) is 1.62. The smallest absolute Gasteiger partial charge is 0.312 e. The molecule has 0 amide bonds. The molecule has 0 spiro atoms. The highest BCUT2D eigenvalue weighted by atomic mass is 16.1. The minimum Gasteiger partial charge on any atom is -0.312 e. The van der Waals surface area contributed by atoms with Crippen molar-refractivity contribution in [1.29, 1.82) is 0 Å². The molecule has 1 N–H and O–H groups in total. The summed E-state index contributed by atoms with van der Waals surface area (Å²) in [6.07, 6.45) is 5.68. The Morgan fingerprint density at radius 1 is 1.33 bits per heavy atom. The molecule has 4 nitrogen and oxygen atoms in total. The molecule has 0 aliphatic heterocycles. The Bertz CT molecular complexity index is 783. The van der Waals surface area contributed by atoms with Gasteiger partial charge in [0.15, 0.2) is 0 Å². The van der Waals surface area contributed by atoms with E-state index >= 15 is 0 Å². The third-order valence-corrected chi connectivity index (χ3v) is 3.08. The molecule has 0 radical (unpaired) electrons. The molecule has 0 saturated heterocycles. The van der Waals surface area contributed by atoms with Crippen LogP contribution in [0.1, 0.15) is 5.56 Å². The van der Waals surface area contributed by atoms with Crippen molar-refractivity contribution < 1.29 is 4.57 Å². The van der Waals surface area contributed by atoms with E-state index in [1.54, 1.807) is 4.57 Å². The lowest BCUT2D eigenvalue weighted by atomic mass is 10.1. The zero-order valence-corrected chi connectivity index (χ0v) is 10.3. The Labute approximate surface area is 104 Å². The zero-order chi connectivity index (χ0) is 12.7. The summed E-state index contributed by atoms with van der Waals surface area (Å²) in [6.45, 7) is 2.04. The Hall–Kier alpha value is -2.36. The number of benzene rings is 1. The number of aryl methyl sites for hydroxylation is 2. The average Bonchev–Trinajstić information content (AvgIpc) is 2.71. The molecule has 4 heteroatoms. The maximum Gasteiger partial charge on any atom is 0.352 e. The molecule has 0 atom stereocenters. The van der Waals surface area contributed by atoms with Gasteiger partial charge in [0.2, 0.25) is 0 Å². The summed E-state index contributed by atoms with van der Waals surface area (Å²) in [6, 6.07) is 8.08. The topological polar surface area (TPSA) is 41.1 Å². The lowest BCUT2D eigenvalue weighted by Crippen LogP contribution is -2.32. The Balaban J connectivity index is 2.28. The fourth-order valence-corrected chi connectivity index (χ4v) is 2.19. The second-order valence-corrected chi connectivity index (χ2v) is 4.51. The van der Waals surface area contributed by atoms with Crippen molar-refractivity contribution in [2.24, 2.45) is 7.05 Å². The largest absolute Gasteiger partial charge is 0.352 e. The first kappa shape index (κ1) is 10.8. The van der Waals surface area contributed by atoms with Gasteiger partial charge in [-0.1, -0.05) is 23.8 Å². The molecule has 90 valence electrons. The van der Waals surface area contributed by atoms with E-state index in [4.69, 9.17) is 0 Å². The third-order valence-electron chi connectivity index (χ3n) is 3.08. The Kier molecular flexibility index (Phi) is 2.30. The van der Waals surface area contributed by atoms with Crippen molar-refractivity contribution in [3.8, 4) is 11.3 Å². The van der Waals surface area contributed by atoms with Crippen molar-refractivity contribution in [2.45, 2.75) is 6.92 Å². The van der Waals surface area contributed by atoms with Crippen LogP contribution in [0, 0.1) is 6.92 Å². The van der Waals surface area contributed by atoms with Crippen LogP contribution in [0.2, 0.25) is 0 Å². The van der Waals surface area contributed by atoms with Gasteiger partial charge in [-0.05, 0) is 13.0 Å². The summed E-state index contributed by atoms with van der Waals surface area (Å²) in [5.74, 6) is 0. The molecule has 18 heavy (non-hydrogen) atoms. The number of rotatable bonds is 1. The summed E-state index contributed by atoms with van der Waals surface area (Å²) in [5, 5.41) is 0. The molecular formula is C14H14N3O+. The van der Waals surface area contributed by atoms with E-state index in [1.165, 1.54) is 5.56 Å². The number of fused-ring (bicyclic) bond motifs is 1. The first-order valence-electron chi connectivity index (χ1n) is 5.82. The highest BCUT2D eigenvalue weighted by molar-refractivity contribution is 5.59. The van der Waals surface area contributed by atoms with Gasteiger partial charge in [-0.15, -0.1) is 0 Å². The predicted molar refractivity (Wildman–Crippen MR) is 69.4 cm³/mol. The number of imidazole rings is 1. The second kappa shape index (κ2) is 3.84. The maximum atomic E-state index is 12.0. The molecule has 3 rings (SSSR count). The number of nitrogens with one attached hydrogen (secondary N) is 1. The van der Waals surface area contributed by atoms with Crippen LogP contribution in [0.15, 0.2) is 47.7 Å². The summed E-state index contributed by atoms with van der Waals surface area (Å²) < 4.78 is 3.65. The van der Waals surface area contributed by atoms with Gasteiger partial charge in [0, 0.05) is 5.56 Å². The van der Waals surface area contributed by atoms with Gasteiger partial charge in [-0.2, -0.15) is 4.40 Å². The monoisotopic (exact) mass is 240 g/mol. The first-order valence-corrected chi connectivity index (χ1v) is 5.82. The fourth-order valence-electron chi connectivity index (χ4n) is 2.19. The molecule has 0 saturated carbocycles. The van der Waals surface area contributed by atoms with Crippen LogP contribution in [-0.2, 0) is 7.05 Å². The summed E-state index contributed by atoms with van der Waals surface area (Å²) in [7, 11) is 1.86. The molecule has 0 aliphatic carbocycles. The summed E-state index contributed by atoms with van der Waals surface area (Å²) >= 11 is 0. The molecule has 0 fully saturated rings. The predicted octanol–water partition coefficient (Wildman–Crippen LogP) is 1.43. The van der Waals surface area contributed by atoms with Gasteiger partial charge in [-0.3, -0.25) is 4.79 Å². The van der Waals surface area contributed by atoms with Crippen LogP contribution >= 0.6 is 0 Å². The maximum absolute atomic E-state index is 12.0. The average molecular weight is 240 g/mol. The van der Waals surface area contributed by atoms with Crippen molar-refractivity contribution >= 4 is 5.65 Å². The van der Waals surface area contributed by atoms with Gasteiger partial charge in [-0.25, -0.2) is 4.57 Å². The van der Waals surface area contributed by atoms with Crippen LogP contribution in [0.4, 0.5) is 0 Å². The van der Waals surface area contributed by atoms with Crippen molar-refractivity contribution in [1.82, 2.24) is 9.38 Å². The Morgan fingerprint density at radius 2 is 2.17 bits per heavy atom. The van der Waals surface area contributed by atoms with Gasteiger partial charge >= 0.3 is 11.2 Å². The summed E-state index contributed by atoms with van der Waals surface area (Å²) in [4.78, 5) is 15.0. The SMILES string of the molecule is Cc1cccc(-c2cn3cc[n+](C)c3c(=O)[nH]2)c1. The number of nitrogens with zero attached hydrogens (tertiary/aromatic N) is 2. The minimum atomic E-state index is -0.0819. The van der Waals surface area contributed by atoms with E-state index in [0.29, 0.717) is 5.65 Å². The number of hydrogen-bond donors (Lipinski definition) is 1. The molecule has 2 heterocycles. The number of H-pyrrole nitrogens is 1. The van der Waals surface area contributed by atoms with Crippen LogP contribution < -0.4 is 10.1 Å². The van der Waals surface area contributed by atoms with Gasteiger partial charge < -0.3 is 4.98 Å². The number of aromatic amines is 1. The van der Waals surface area contributed by atoms with E-state index in [9.17, 15) is 4.79 Å². The molecule has 1 aromatic carbocycles. The van der Waals surface area contributed by atoms with Crippen LogP contribution in [0.25, 0.3) is 16.9 Å². The lowest BCUT2D eigenvalue weighted by molar-refractivity contribution is -0.645. The molecule has 0 unspecified atom stereocenters. The minimum absolute atomic E-state index is 0.0819. The molecular weight excluding hydrogens is 226 g/mol. The van der Waals surface area contributed by atoms with Gasteiger partial charge in [0.05, 0.1) is 12.7 Å². The Morgan fingerprint density at radius 3 is 2.94 bits per heavy atom. The second-order valence-electron chi connectivity index (χ2n) is 4.51. The number of aromatic nitrogens is 3. The number of hydrogen-bond acceptors (Lipinski definition) is 1. The van der Waals surface area contributed by atoms with E-state index in [-0.39, 0.29) is 5.56 Å². The highest BCUT2D eigenvalue weighted by Crippen LogP contribution is 2.16. The normalized spacial score (nSPS) is 11.0. The molecule has 2 aromatic heterocycles. The summed E-state index contributed by atoms with van der Waals surface area (Å²) in [5.41, 5.74) is 3.57. The van der Waals surface area contributed by atoms with Crippen LogP contribution in [0.3, 0.4) is 0 Å².